The fraction of sp³-hybridized carbons (Fsp3) is 0.409. The second kappa shape index (κ2) is 7.96. The van der Waals surface area contributed by atoms with Crippen LogP contribution in [-0.2, 0) is 22.7 Å². The highest BCUT2D eigenvalue weighted by molar-refractivity contribution is 7.90. The number of amides is 1. The number of sulfone groups is 1. The molecular weight excluding hydrogens is 414 g/mol. The van der Waals surface area contributed by atoms with Gasteiger partial charge in [-0.05, 0) is 30.2 Å². The van der Waals surface area contributed by atoms with Crippen LogP contribution in [0.5, 0.6) is 0 Å². The van der Waals surface area contributed by atoms with Crippen molar-refractivity contribution in [2.24, 2.45) is 5.41 Å². The molecule has 3 aromatic rings. The fourth-order valence-electron chi connectivity index (χ4n) is 4.09. The largest absolute Gasteiger partial charge is 0.318 e. The monoisotopic (exact) mass is 441 g/mol. The van der Waals surface area contributed by atoms with Crippen molar-refractivity contribution in [3.63, 3.8) is 0 Å². The summed E-state index contributed by atoms with van der Waals surface area (Å²) < 4.78 is 25.6. The first-order valence-corrected chi connectivity index (χ1v) is 12.3. The summed E-state index contributed by atoms with van der Waals surface area (Å²) in [5.74, 6) is -0.384. The molecule has 4 rings (SSSR count). The van der Waals surface area contributed by atoms with Gasteiger partial charge in [0.2, 0.25) is 0 Å². The lowest BCUT2D eigenvalue weighted by Gasteiger charge is -2.28. The van der Waals surface area contributed by atoms with Crippen LogP contribution in [0.1, 0.15) is 53.6 Å². The van der Waals surface area contributed by atoms with Crippen LogP contribution >= 0.6 is 0 Å². The summed E-state index contributed by atoms with van der Waals surface area (Å²) in [6, 6.07) is 8.85. The predicted octanol–water partition coefficient (Wildman–Crippen LogP) is 3.01. The van der Waals surface area contributed by atoms with E-state index in [2.05, 4.69) is 34.5 Å². The Morgan fingerprint density at radius 3 is 2.74 bits per heavy atom. The first-order valence-electron chi connectivity index (χ1n) is 10.3. The molecule has 0 fully saturated rings. The van der Waals surface area contributed by atoms with Gasteiger partial charge >= 0.3 is 0 Å². The number of anilines is 1. The van der Waals surface area contributed by atoms with Crippen molar-refractivity contribution in [1.82, 2.24) is 20.0 Å². The molecule has 1 atom stereocenters. The number of benzene rings is 1. The van der Waals surface area contributed by atoms with Gasteiger partial charge in [-0.3, -0.25) is 14.6 Å². The van der Waals surface area contributed by atoms with Gasteiger partial charge in [0.1, 0.15) is 9.84 Å². The quantitative estimate of drug-likeness (QED) is 0.611. The molecule has 0 spiro atoms. The summed E-state index contributed by atoms with van der Waals surface area (Å²) in [6.07, 6.45) is 7.07. The smallest absolute Gasteiger partial charge is 0.276 e. The van der Waals surface area contributed by atoms with Crippen molar-refractivity contribution in [1.29, 1.82) is 0 Å². The zero-order valence-electron chi connectivity index (χ0n) is 17.9. The Labute approximate surface area is 182 Å². The Morgan fingerprint density at radius 2 is 2.03 bits per heavy atom. The predicted molar refractivity (Wildman–Crippen MR) is 119 cm³/mol. The van der Waals surface area contributed by atoms with E-state index in [9.17, 15) is 13.2 Å². The minimum Gasteiger partial charge on any atom is -0.318 e. The average Bonchev–Trinajstić information content (AvgIpc) is 3.32. The summed E-state index contributed by atoms with van der Waals surface area (Å²) in [7, 11) is -3.25. The number of carbonyl (C=O) groups excluding carboxylic acids is 1. The number of aromatic nitrogens is 4. The normalized spacial score (nSPS) is 16.5. The number of carbonyl (C=O) groups is 1. The van der Waals surface area contributed by atoms with Crippen LogP contribution < -0.4 is 5.32 Å². The number of hydrogen-bond acceptors (Lipinski definition) is 5. The standard InChI is InChI=1S/C22H27N5O3S/c1-22(2)10-9-17-18(11-22)25-26-20(17)21(28)24-16-12-23-27(13-16)19(14-31(3,29)30)15-7-5-4-6-8-15/h4-8,12-13,19H,9-11,14H2,1-3H3,(H,24,28)(H,25,26). The van der Waals surface area contributed by atoms with Crippen molar-refractivity contribution in [2.45, 2.75) is 39.2 Å². The lowest BCUT2D eigenvalue weighted by Crippen LogP contribution is -2.23. The van der Waals surface area contributed by atoms with Crippen LogP contribution in [0.2, 0.25) is 0 Å². The second-order valence-electron chi connectivity index (χ2n) is 9.05. The SMILES string of the molecule is CC1(C)CCc2c(C(=O)Nc3cnn(C(CS(C)(=O)=O)c4ccccc4)c3)n[nH]c2C1. The Bertz CT molecular complexity index is 1190. The van der Waals surface area contributed by atoms with Crippen molar-refractivity contribution in [3.05, 3.63) is 65.2 Å². The number of nitrogens with one attached hydrogen (secondary N) is 2. The zero-order valence-corrected chi connectivity index (χ0v) is 18.7. The van der Waals surface area contributed by atoms with E-state index in [1.54, 1.807) is 10.9 Å². The molecule has 2 heterocycles. The molecule has 1 aliphatic carbocycles. The third-order valence-corrected chi connectivity index (χ3v) is 6.62. The number of fused-ring (bicyclic) bond motifs is 1. The maximum atomic E-state index is 12.9. The van der Waals surface area contributed by atoms with E-state index in [0.717, 1.165) is 36.1 Å². The third-order valence-electron chi connectivity index (χ3n) is 5.70. The highest BCUT2D eigenvalue weighted by atomic mass is 32.2. The van der Waals surface area contributed by atoms with Gasteiger partial charge in [-0.2, -0.15) is 10.2 Å². The molecule has 0 saturated carbocycles. The first kappa shape index (κ1) is 21.3. The van der Waals surface area contributed by atoms with E-state index in [1.807, 2.05) is 30.3 Å². The molecule has 0 aliphatic heterocycles. The van der Waals surface area contributed by atoms with Crippen LogP contribution in [0.25, 0.3) is 0 Å². The number of H-pyrrole nitrogens is 1. The first-order chi connectivity index (χ1) is 14.6. The molecule has 2 aromatic heterocycles. The van der Waals surface area contributed by atoms with Crippen LogP contribution in [-0.4, -0.2) is 46.3 Å². The molecular formula is C22H27N5O3S. The number of hydrogen-bond donors (Lipinski definition) is 2. The van der Waals surface area contributed by atoms with Gasteiger partial charge in [0.05, 0.1) is 23.7 Å². The molecule has 2 N–H and O–H groups in total. The molecule has 0 bridgehead atoms. The Hall–Kier alpha value is -2.94. The van der Waals surface area contributed by atoms with Crippen LogP contribution in [0.4, 0.5) is 5.69 Å². The number of rotatable bonds is 6. The molecule has 9 heteroatoms. The van der Waals surface area contributed by atoms with Gasteiger partial charge < -0.3 is 5.32 Å². The van der Waals surface area contributed by atoms with Crippen molar-refractivity contribution >= 4 is 21.4 Å². The van der Waals surface area contributed by atoms with E-state index in [-0.39, 0.29) is 17.1 Å². The number of aromatic amines is 1. The number of nitrogens with zero attached hydrogens (tertiary/aromatic N) is 3. The zero-order chi connectivity index (χ0) is 22.2. The van der Waals surface area contributed by atoms with Crippen molar-refractivity contribution in [3.8, 4) is 0 Å². The van der Waals surface area contributed by atoms with Gasteiger partial charge in [-0.25, -0.2) is 8.42 Å². The average molecular weight is 442 g/mol. The summed E-state index contributed by atoms with van der Waals surface area (Å²) in [6.45, 7) is 4.43. The minimum absolute atomic E-state index is 0.0886. The molecule has 1 aliphatic rings. The lowest BCUT2D eigenvalue weighted by atomic mass is 9.76. The molecule has 0 radical (unpaired) electrons. The minimum atomic E-state index is -3.25. The van der Waals surface area contributed by atoms with E-state index < -0.39 is 15.9 Å². The van der Waals surface area contributed by atoms with Crippen LogP contribution in [0.15, 0.2) is 42.7 Å². The maximum Gasteiger partial charge on any atom is 0.276 e. The molecule has 0 saturated heterocycles. The van der Waals surface area contributed by atoms with E-state index in [4.69, 9.17) is 0 Å². The van der Waals surface area contributed by atoms with Gasteiger partial charge in [0, 0.05) is 23.7 Å². The molecule has 1 unspecified atom stereocenters. The topological polar surface area (TPSA) is 110 Å². The maximum absolute atomic E-state index is 12.9. The lowest BCUT2D eigenvalue weighted by molar-refractivity contribution is 0.102. The molecule has 31 heavy (non-hydrogen) atoms. The third kappa shape index (κ3) is 4.87. The van der Waals surface area contributed by atoms with Crippen molar-refractivity contribution in [2.75, 3.05) is 17.3 Å². The van der Waals surface area contributed by atoms with Crippen LogP contribution in [0, 0.1) is 5.41 Å². The highest BCUT2D eigenvalue weighted by Crippen LogP contribution is 2.35. The van der Waals surface area contributed by atoms with Gasteiger partial charge in [-0.1, -0.05) is 44.2 Å². The summed E-state index contributed by atoms with van der Waals surface area (Å²) in [5, 5.41) is 14.5. The van der Waals surface area contributed by atoms with Crippen molar-refractivity contribution < 1.29 is 13.2 Å². The van der Waals surface area contributed by atoms with Gasteiger partial charge in [-0.15, -0.1) is 0 Å². The van der Waals surface area contributed by atoms with Gasteiger partial charge in [0.15, 0.2) is 5.69 Å². The molecule has 1 amide bonds. The van der Waals surface area contributed by atoms with E-state index in [0.29, 0.717) is 11.4 Å². The molecule has 1 aromatic carbocycles. The summed E-state index contributed by atoms with van der Waals surface area (Å²) in [4.78, 5) is 12.9. The van der Waals surface area contributed by atoms with E-state index >= 15 is 0 Å². The molecule has 8 nitrogen and oxygen atoms in total. The van der Waals surface area contributed by atoms with Gasteiger partial charge in [0.25, 0.3) is 5.91 Å². The Balaban J connectivity index is 1.55. The summed E-state index contributed by atoms with van der Waals surface area (Å²) in [5.41, 5.74) is 3.93. The Morgan fingerprint density at radius 1 is 1.29 bits per heavy atom. The second-order valence-corrected chi connectivity index (χ2v) is 11.2. The van der Waals surface area contributed by atoms with E-state index in [1.165, 1.54) is 12.5 Å². The Kier molecular flexibility index (Phi) is 5.47. The molecule has 164 valence electrons. The fourth-order valence-corrected chi connectivity index (χ4v) is 5.00. The highest BCUT2D eigenvalue weighted by Gasteiger charge is 2.30. The van der Waals surface area contributed by atoms with Crippen LogP contribution in [0.3, 0.4) is 0 Å². The summed E-state index contributed by atoms with van der Waals surface area (Å²) >= 11 is 0.